The van der Waals surface area contributed by atoms with Crippen LogP contribution in [0.1, 0.15) is 12.5 Å². The lowest BCUT2D eigenvalue weighted by atomic mass is 10.2. The minimum Gasteiger partial charge on any atom is -0.491 e. The molecule has 30 heavy (non-hydrogen) atoms. The van der Waals surface area contributed by atoms with Gasteiger partial charge in [0, 0.05) is 0 Å². The quantitative estimate of drug-likeness (QED) is 0.509. The molecule has 0 aliphatic carbocycles. The van der Waals surface area contributed by atoms with Gasteiger partial charge in [-0.15, -0.1) is 0 Å². The molecular weight excluding hydrogens is 387 g/mol. The van der Waals surface area contributed by atoms with Gasteiger partial charge in [-0.25, -0.2) is 14.1 Å². The average Bonchev–Trinajstić information content (AvgIpc) is 3.20. The van der Waals surface area contributed by atoms with Crippen molar-refractivity contribution in [2.45, 2.75) is 26.0 Å². The Kier molecular flexibility index (Phi) is 5.58. The van der Waals surface area contributed by atoms with Crippen LogP contribution in [0.4, 0.5) is 4.39 Å². The van der Waals surface area contributed by atoms with Crippen molar-refractivity contribution >= 4 is 11.0 Å². The van der Waals surface area contributed by atoms with E-state index in [4.69, 9.17) is 4.74 Å². The zero-order valence-corrected chi connectivity index (χ0v) is 16.4. The number of benzene rings is 2. The molecule has 1 atom stereocenters. The molecule has 2 heterocycles. The predicted molar refractivity (Wildman–Crippen MR) is 110 cm³/mol. The minimum absolute atomic E-state index is 0.0382. The number of rotatable bonds is 7. The zero-order chi connectivity index (χ0) is 21.1. The van der Waals surface area contributed by atoms with Crippen LogP contribution in [0.2, 0.25) is 0 Å². The van der Waals surface area contributed by atoms with E-state index in [1.807, 2.05) is 24.3 Å². The maximum atomic E-state index is 13.2. The summed E-state index contributed by atoms with van der Waals surface area (Å²) in [5.74, 6) is 0.302. The zero-order valence-electron chi connectivity index (χ0n) is 16.4. The van der Waals surface area contributed by atoms with E-state index in [0.29, 0.717) is 22.5 Å². The van der Waals surface area contributed by atoms with Gasteiger partial charge < -0.3 is 9.84 Å². The maximum Gasteiger partial charge on any atom is 0.264 e. The molecule has 4 aromatic rings. The molecule has 0 amide bonds. The number of fused-ring (bicyclic) bond motifs is 1. The van der Waals surface area contributed by atoms with Crippen LogP contribution >= 0.6 is 0 Å². The molecule has 2 aromatic carbocycles. The SMILES string of the molecule is CCc1ccc(OCC(O)Cn2cnc3c(cnn3-c3ccc(F)cc3)c2=O)cc1. The van der Waals surface area contributed by atoms with E-state index >= 15 is 0 Å². The summed E-state index contributed by atoms with van der Waals surface area (Å²) in [5, 5.41) is 14.8. The van der Waals surface area contributed by atoms with Crippen molar-refractivity contribution in [3.8, 4) is 11.4 Å². The number of aromatic nitrogens is 4. The summed E-state index contributed by atoms with van der Waals surface area (Å²) < 4.78 is 21.6. The molecule has 0 radical (unpaired) electrons. The molecular formula is C22H21FN4O3. The van der Waals surface area contributed by atoms with E-state index < -0.39 is 6.10 Å². The van der Waals surface area contributed by atoms with Crippen LogP contribution in [0.5, 0.6) is 5.75 Å². The van der Waals surface area contributed by atoms with Gasteiger partial charge in [0.1, 0.15) is 36.0 Å². The lowest BCUT2D eigenvalue weighted by Crippen LogP contribution is -2.30. The molecule has 1 unspecified atom stereocenters. The molecule has 2 aromatic heterocycles. The fourth-order valence-corrected chi connectivity index (χ4v) is 3.14. The summed E-state index contributed by atoms with van der Waals surface area (Å²) in [6, 6.07) is 13.4. The highest BCUT2D eigenvalue weighted by molar-refractivity contribution is 5.74. The smallest absolute Gasteiger partial charge is 0.264 e. The topological polar surface area (TPSA) is 82.2 Å². The first-order valence-electron chi connectivity index (χ1n) is 9.64. The number of hydrogen-bond acceptors (Lipinski definition) is 5. The highest BCUT2D eigenvalue weighted by atomic mass is 19.1. The largest absolute Gasteiger partial charge is 0.491 e. The molecule has 7 nitrogen and oxygen atoms in total. The molecule has 0 aliphatic rings. The van der Waals surface area contributed by atoms with E-state index in [2.05, 4.69) is 17.0 Å². The Labute approximate surface area is 172 Å². The van der Waals surface area contributed by atoms with Gasteiger partial charge in [0.2, 0.25) is 0 Å². The van der Waals surface area contributed by atoms with Crippen LogP contribution in [0.15, 0.2) is 65.8 Å². The number of aliphatic hydroxyl groups excluding tert-OH is 1. The lowest BCUT2D eigenvalue weighted by molar-refractivity contribution is 0.0915. The molecule has 4 rings (SSSR count). The number of aliphatic hydroxyl groups is 1. The summed E-state index contributed by atoms with van der Waals surface area (Å²) in [6.07, 6.45) is 2.84. The van der Waals surface area contributed by atoms with E-state index in [1.165, 1.54) is 39.5 Å². The van der Waals surface area contributed by atoms with Gasteiger partial charge in [0.05, 0.1) is 18.4 Å². The summed E-state index contributed by atoms with van der Waals surface area (Å²) in [6.45, 7) is 2.16. The van der Waals surface area contributed by atoms with Crippen molar-refractivity contribution in [2.24, 2.45) is 0 Å². The number of ether oxygens (including phenoxy) is 1. The standard InChI is InChI=1S/C22H21FN4O3/c1-2-15-3-9-19(10-4-15)30-13-18(28)12-26-14-24-21-20(22(26)29)11-25-27(21)17-7-5-16(23)6-8-17/h3-11,14,18,28H,2,12-13H2,1H3. The Morgan fingerprint density at radius 2 is 1.87 bits per heavy atom. The Balaban J connectivity index is 1.48. The monoisotopic (exact) mass is 408 g/mol. The van der Waals surface area contributed by atoms with Crippen molar-refractivity contribution in [1.29, 1.82) is 0 Å². The van der Waals surface area contributed by atoms with Gasteiger partial charge in [0.25, 0.3) is 5.56 Å². The van der Waals surface area contributed by atoms with Gasteiger partial charge in [-0.05, 0) is 48.4 Å². The van der Waals surface area contributed by atoms with Crippen molar-refractivity contribution in [1.82, 2.24) is 19.3 Å². The van der Waals surface area contributed by atoms with Crippen molar-refractivity contribution in [3.05, 3.63) is 82.8 Å². The molecule has 0 saturated heterocycles. The van der Waals surface area contributed by atoms with E-state index in [1.54, 1.807) is 12.1 Å². The van der Waals surface area contributed by atoms with Crippen LogP contribution in [-0.4, -0.2) is 37.1 Å². The van der Waals surface area contributed by atoms with Gasteiger partial charge in [-0.1, -0.05) is 19.1 Å². The van der Waals surface area contributed by atoms with Crippen molar-refractivity contribution in [2.75, 3.05) is 6.61 Å². The second kappa shape index (κ2) is 8.46. The minimum atomic E-state index is -0.889. The Hall–Kier alpha value is -3.52. The third kappa shape index (κ3) is 4.08. The third-order valence-electron chi connectivity index (χ3n) is 4.81. The second-order valence-electron chi connectivity index (χ2n) is 6.93. The van der Waals surface area contributed by atoms with Gasteiger partial charge in [0.15, 0.2) is 5.65 Å². The average molecular weight is 408 g/mol. The van der Waals surface area contributed by atoms with Crippen molar-refractivity contribution in [3.63, 3.8) is 0 Å². The Morgan fingerprint density at radius 1 is 1.13 bits per heavy atom. The molecule has 0 aliphatic heterocycles. The van der Waals surface area contributed by atoms with Crippen LogP contribution in [0.25, 0.3) is 16.7 Å². The predicted octanol–water partition coefficient (Wildman–Crippen LogP) is 2.72. The second-order valence-corrected chi connectivity index (χ2v) is 6.93. The van der Waals surface area contributed by atoms with Crippen LogP contribution in [0, 0.1) is 5.82 Å². The summed E-state index contributed by atoms with van der Waals surface area (Å²) in [4.78, 5) is 17.1. The lowest BCUT2D eigenvalue weighted by Gasteiger charge is -2.14. The molecule has 0 fully saturated rings. The fourth-order valence-electron chi connectivity index (χ4n) is 3.14. The van der Waals surface area contributed by atoms with Gasteiger partial charge in [-0.3, -0.25) is 9.36 Å². The van der Waals surface area contributed by atoms with E-state index in [9.17, 15) is 14.3 Å². The molecule has 0 bridgehead atoms. The molecule has 154 valence electrons. The van der Waals surface area contributed by atoms with Gasteiger partial charge in [-0.2, -0.15) is 5.10 Å². The van der Waals surface area contributed by atoms with E-state index in [0.717, 1.165) is 6.42 Å². The van der Waals surface area contributed by atoms with Crippen molar-refractivity contribution < 1.29 is 14.2 Å². The summed E-state index contributed by atoms with van der Waals surface area (Å²) >= 11 is 0. The van der Waals surface area contributed by atoms with Crippen LogP contribution in [0.3, 0.4) is 0 Å². The molecule has 8 heteroatoms. The first-order chi connectivity index (χ1) is 14.5. The highest BCUT2D eigenvalue weighted by Crippen LogP contribution is 2.15. The molecule has 1 N–H and O–H groups in total. The summed E-state index contributed by atoms with van der Waals surface area (Å²) in [7, 11) is 0. The Bertz CT molecular complexity index is 1200. The normalized spacial score (nSPS) is 12.2. The van der Waals surface area contributed by atoms with Gasteiger partial charge >= 0.3 is 0 Å². The number of halogens is 1. The fraction of sp³-hybridized carbons (Fsp3) is 0.227. The maximum absolute atomic E-state index is 13.2. The summed E-state index contributed by atoms with van der Waals surface area (Å²) in [5.41, 5.74) is 1.85. The van der Waals surface area contributed by atoms with Crippen LogP contribution in [-0.2, 0) is 13.0 Å². The number of aryl methyl sites for hydroxylation is 1. The number of nitrogens with zero attached hydrogens (tertiary/aromatic N) is 4. The van der Waals surface area contributed by atoms with E-state index in [-0.39, 0.29) is 24.5 Å². The molecule has 0 spiro atoms. The highest BCUT2D eigenvalue weighted by Gasteiger charge is 2.14. The third-order valence-corrected chi connectivity index (χ3v) is 4.81. The first kappa shape index (κ1) is 19.8. The number of hydrogen-bond donors (Lipinski definition) is 1. The Morgan fingerprint density at radius 3 is 2.57 bits per heavy atom. The van der Waals surface area contributed by atoms with Crippen LogP contribution < -0.4 is 10.3 Å². The molecule has 0 saturated carbocycles. The first-order valence-corrected chi connectivity index (χ1v) is 9.64.